The summed E-state index contributed by atoms with van der Waals surface area (Å²) in [6.07, 6.45) is 0. The van der Waals surface area contributed by atoms with Gasteiger partial charge in [-0.2, -0.15) is 0 Å². The zero-order chi connectivity index (χ0) is 21.3. The highest BCUT2D eigenvalue weighted by Gasteiger charge is 2.36. The van der Waals surface area contributed by atoms with Crippen LogP contribution < -0.4 is 14.4 Å². The van der Waals surface area contributed by atoms with E-state index in [1.165, 1.54) is 12.1 Å². The average molecular weight is 401 g/mol. The zero-order valence-corrected chi connectivity index (χ0v) is 16.5. The monoisotopic (exact) mass is 401 g/mol. The van der Waals surface area contributed by atoms with Gasteiger partial charge < -0.3 is 9.47 Å². The minimum absolute atomic E-state index is 0.233. The molecule has 3 aromatic rings. The number of amides is 2. The number of esters is 1. The van der Waals surface area contributed by atoms with Gasteiger partial charge in [0, 0.05) is 0 Å². The average Bonchev–Trinajstić information content (AvgIpc) is 3.00. The molecule has 0 spiro atoms. The normalized spacial score (nSPS) is 12.7. The maximum absolute atomic E-state index is 12.5. The van der Waals surface area contributed by atoms with E-state index in [2.05, 4.69) is 0 Å². The highest BCUT2D eigenvalue weighted by molar-refractivity contribution is 6.34. The third-order valence-electron chi connectivity index (χ3n) is 4.96. The summed E-state index contributed by atoms with van der Waals surface area (Å²) in [5.41, 5.74) is 3.38. The summed E-state index contributed by atoms with van der Waals surface area (Å²) in [5, 5.41) is 0. The van der Waals surface area contributed by atoms with Crippen molar-refractivity contribution in [3.63, 3.8) is 0 Å². The van der Waals surface area contributed by atoms with E-state index in [-0.39, 0.29) is 18.4 Å². The van der Waals surface area contributed by atoms with Gasteiger partial charge in [-0.05, 0) is 73.5 Å². The van der Waals surface area contributed by atoms with Gasteiger partial charge >= 0.3 is 5.97 Å². The van der Waals surface area contributed by atoms with E-state index in [0.29, 0.717) is 28.3 Å². The molecule has 0 aliphatic carbocycles. The van der Waals surface area contributed by atoms with Crippen molar-refractivity contribution in [3.05, 3.63) is 89.0 Å². The molecule has 6 heteroatoms. The van der Waals surface area contributed by atoms with Gasteiger partial charge in [-0.25, -0.2) is 9.69 Å². The number of benzene rings is 3. The Bertz CT molecular complexity index is 1120. The number of carbonyl (C=O) groups is 3. The SMILES string of the molecule is Cc1ccc(OCC(=O)Oc2ccc(N3C(=O)c4ccccc4C3=O)cc2)cc1C. The van der Waals surface area contributed by atoms with Gasteiger partial charge in [0.05, 0.1) is 16.8 Å². The molecule has 1 aliphatic heterocycles. The van der Waals surface area contributed by atoms with Crippen molar-refractivity contribution in [2.24, 2.45) is 0 Å². The Labute approximate surface area is 173 Å². The second-order valence-electron chi connectivity index (χ2n) is 6.99. The fourth-order valence-corrected chi connectivity index (χ4v) is 3.19. The highest BCUT2D eigenvalue weighted by atomic mass is 16.6. The van der Waals surface area contributed by atoms with Crippen molar-refractivity contribution >= 4 is 23.5 Å². The Kier molecular flexibility index (Phi) is 5.06. The van der Waals surface area contributed by atoms with Gasteiger partial charge in [0.15, 0.2) is 6.61 Å². The van der Waals surface area contributed by atoms with Crippen LogP contribution in [-0.4, -0.2) is 24.4 Å². The van der Waals surface area contributed by atoms with E-state index in [0.717, 1.165) is 16.0 Å². The van der Waals surface area contributed by atoms with Gasteiger partial charge in [-0.3, -0.25) is 9.59 Å². The molecule has 4 rings (SSSR count). The van der Waals surface area contributed by atoms with Crippen molar-refractivity contribution in [1.82, 2.24) is 0 Å². The molecule has 0 N–H and O–H groups in total. The molecular weight excluding hydrogens is 382 g/mol. The third-order valence-corrected chi connectivity index (χ3v) is 4.96. The van der Waals surface area contributed by atoms with Gasteiger partial charge in [-0.15, -0.1) is 0 Å². The molecule has 0 unspecified atom stereocenters. The van der Waals surface area contributed by atoms with Crippen LogP contribution in [0, 0.1) is 13.8 Å². The number of nitrogens with zero attached hydrogens (tertiary/aromatic N) is 1. The largest absolute Gasteiger partial charge is 0.482 e. The van der Waals surface area contributed by atoms with Crippen LogP contribution >= 0.6 is 0 Å². The molecule has 1 heterocycles. The highest BCUT2D eigenvalue weighted by Crippen LogP contribution is 2.29. The molecule has 0 saturated carbocycles. The van der Waals surface area contributed by atoms with Crippen molar-refractivity contribution < 1.29 is 23.9 Å². The summed E-state index contributed by atoms with van der Waals surface area (Å²) in [4.78, 5) is 38.3. The first-order valence-electron chi connectivity index (χ1n) is 9.42. The number of hydrogen-bond acceptors (Lipinski definition) is 5. The number of fused-ring (bicyclic) bond motifs is 1. The van der Waals surface area contributed by atoms with E-state index in [1.54, 1.807) is 42.5 Å². The van der Waals surface area contributed by atoms with Gasteiger partial charge in [0.2, 0.25) is 0 Å². The molecule has 3 aromatic carbocycles. The van der Waals surface area contributed by atoms with E-state index in [9.17, 15) is 14.4 Å². The molecular formula is C24H19NO5. The standard InChI is InChI=1S/C24H19NO5/c1-15-7-10-19(13-16(15)2)29-14-22(26)30-18-11-8-17(9-12-18)25-23(27)20-5-3-4-6-21(20)24(25)28/h3-13H,14H2,1-2H3. The Morgan fingerprint density at radius 3 is 2.00 bits per heavy atom. The number of carbonyl (C=O) groups excluding carboxylic acids is 3. The lowest BCUT2D eigenvalue weighted by molar-refractivity contribution is -0.136. The van der Waals surface area contributed by atoms with Crippen LogP contribution in [0.4, 0.5) is 5.69 Å². The van der Waals surface area contributed by atoms with Crippen LogP contribution in [0.2, 0.25) is 0 Å². The van der Waals surface area contributed by atoms with Crippen LogP contribution in [0.1, 0.15) is 31.8 Å². The molecule has 0 fully saturated rings. The lowest BCUT2D eigenvalue weighted by atomic mass is 10.1. The fourth-order valence-electron chi connectivity index (χ4n) is 3.19. The van der Waals surface area contributed by atoms with E-state index < -0.39 is 5.97 Å². The summed E-state index contributed by atoms with van der Waals surface area (Å²) >= 11 is 0. The molecule has 1 aliphatic rings. The Morgan fingerprint density at radius 1 is 0.800 bits per heavy atom. The zero-order valence-electron chi connectivity index (χ0n) is 16.5. The first-order chi connectivity index (χ1) is 14.4. The predicted molar refractivity (Wildman–Crippen MR) is 111 cm³/mol. The summed E-state index contributed by atoms with van der Waals surface area (Å²) in [6.45, 7) is 3.73. The number of anilines is 1. The maximum atomic E-state index is 12.5. The van der Waals surface area contributed by atoms with Crippen LogP contribution in [0.15, 0.2) is 66.7 Å². The smallest absolute Gasteiger partial charge is 0.349 e. The topological polar surface area (TPSA) is 72.9 Å². The molecule has 0 aromatic heterocycles. The minimum Gasteiger partial charge on any atom is -0.482 e. The van der Waals surface area contributed by atoms with Crippen molar-refractivity contribution in [2.45, 2.75) is 13.8 Å². The van der Waals surface area contributed by atoms with Crippen molar-refractivity contribution in [3.8, 4) is 11.5 Å². The number of rotatable bonds is 5. The Hall–Kier alpha value is -3.93. The number of hydrogen-bond donors (Lipinski definition) is 0. The summed E-state index contributed by atoms with van der Waals surface area (Å²) < 4.78 is 10.7. The van der Waals surface area contributed by atoms with Crippen LogP contribution in [0.3, 0.4) is 0 Å². The van der Waals surface area contributed by atoms with Crippen LogP contribution in [0.25, 0.3) is 0 Å². The number of aryl methyl sites for hydroxylation is 2. The molecule has 30 heavy (non-hydrogen) atoms. The van der Waals surface area contributed by atoms with E-state index >= 15 is 0 Å². The summed E-state index contributed by atoms with van der Waals surface area (Å²) in [7, 11) is 0. The molecule has 0 atom stereocenters. The Balaban J connectivity index is 1.39. The predicted octanol–water partition coefficient (Wildman–Crippen LogP) is 4.09. The second kappa shape index (κ2) is 7.83. The van der Waals surface area contributed by atoms with E-state index in [4.69, 9.17) is 9.47 Å². The summed E-state index contributed by atoms with van der Waals surface area (Å²) in [6, 6.07) is 18.5. The minimum atomic E-state index is -0.554. The molecule has 0 bridgehead atoms. The lowest BCUT2D eigenvalue weighted by Gasteiger charge is -2.14. The molecule has 2 amide bonds. The van der Waals surface area contributed by atoms with Gasteiger partial charge in [0.1, 0.15) is 11.5 Å². The molecule has 0 saturated heterocycles. The molecule has 6 nitrogen and oxygen atoms in total. The quantitative estimate of drug-likeness (QED) is 0.366. The molecule has 150 valence electrons. The second-order valence-corrected chi connectivity index (χ2v) is 6.99. The molecule has 0 radical (unpaired) electrons. The maximum Gasteiger partial charge on any atom is 0.349 e. The van der Waals surface area contributed by atoms with E-state index in [1.807, 2.05) is 26.0 Å². The summed E-state index contributed by atoms with van der Waals surface area (Å²) in [5.74, 6) is -0.411. The van der Waals surface area contributed by atoms with Gasteiger partial charge in [-0.1, -0.05) is 18.2 Å². The number of imide groups is 1. The fraction of sp³-hybridized carbons (Fsp3) is 0.125. The Morgan fingerprint density at radius 2 is 1.40 bits per heavy atom. The number of ether oxygens (including phenoxy) is 2. The van der Waals surface area contributed by atoms with Gasteiger partial charge in [0.25, 0.3) is 11.8 Å². The van der Waals surface area contributed by atoms with Crippen molar-refractivity contribution in [2.75, 3.05) is 11.5 Å². The van der Waals surface area contributed by atoms with Crippen LogP contribution in [-0.2, 0) is 4.79 Å². The lowest BCUT2D eigenvalue weighted by Crippen LogP contribution is -2.29. The van der Waals surface area contributed by atoms with Crippen LogP contribution in [0.5, 0.6) is 11.5 Å². The first kappa shape index (κ1) is 19.4. The first-order valence-corrected chi connectivity index (χ1v) is 9.42. The third kappa shape index (κ3) is 3.67. The van der Waals surface area contributed by atoms with Crippen molar-refractivity contribution in [1.29, 1.82) is 0 Å².